The van der Waals surface area contributed by atoms with Gasteiger partial charge in [-0.1, -0.05) is 5.16 Å². The van der Waals surface area contributed by atoms with Crippen LogP contribution in [0.3, 0.4) is 0 Å². The molecule has 8 heteroatoms. The highest BCUT2D eigenvalue weighted by atomic mass is 32.1. The number of carbonyl (C=O) groups is 1. The average Bonchev–Trinajstić information content (AvgIpc) is 2.92. The molecule has 0 aliphatic heterocycles. The van der Waals surface area contributed by atoms with Gasteiger partial charge < -0.3 is 20.5 Å². The van der Waals surface area contributed by atoms with Gasteiger partial charge in [0.2, 0.25) is 5.89 Å². The molecule has 0 unspecified atom stereocenters. The zero-order valence-corrected chi connectivity index (χ0v) is 11.7. The number of nitrogen functional groups attached to an aromatic ring is 1. The molecule has 1 amide bonds. The van der Waals surface area contributed by atoms with Gasteiger partial charge >= 0.3 is 0 Å². The van der Waals surface area contributed by atoms with Gasteiger partial charge in [-0.25, -0.2) is 0 Å². The topological polar surface area (TPSA) is 97.3 Å². The van der Waals surface area contributed by atoms with E-state index in [1.54, 1.807) is 27.1 Å². The summed E-state index contributed by atoms with van der Waals surface area (Å²) in [6, 6.07) is 1.73. The van der Waals surface area contributed by atoms with Crippen molar-refractivity contribution in [2.75, 3.05) is 25.1 Å². The zero-order chi connectivity index (χ0) is 14.0. The van der Waals surface area contributed by atoms with E-state index in [9.17, 15) is 4.79 Å². The van der Waals surface area contributed by atoms with E-state index in [4.69, 9.17) is 10.3 Å². The van der Waals surface area contributed by atoms with E-state index < -0.39 is 0 Å². The number of nitrogens with zero attached hydrogens (tertiary/aromatic N) is 3. The van der Waals surface area contributed by atoms with Crippen molar-refractivity contribution >= 4 is 27.9 Å². The second-order valence-electron chi connectivity index (χ2n) is 4.18. The monoisotopic (exact) mass is 281 g/mol. The Morgan fingerprint density at radius 3 is 2.89 bits per heavy atom. The Morgan fingerprint density at radius 1 is 1.58 bits per heavy atom. The largest absolute Gasteiger partial charge is 0.397 e. The summed E-state index contributed by atoms with van der Waals surface area (Å²) < 4.78 is 4.98. The normalized spacial score (nSPS) is 10.5. The van der Waals surface area contributed by atoms with E-state index in [2.05, 4.69) is 15.5 Å². The van der Waals surface area contributed by atoms with Gasteiger partial charge in [0.1, 0.15) is 4.88 Å². The molecule has 102 valence electrons. The van der Waals surface area contributed by atoms with E-state index in [0.29, 0.717) is 28.8 Å². The molecule has 0 aromatic carbocycles. The van der Waals surface area contributed by atoms with Crippen LogP contribution in [0.15, 0.2) is 10.6 Å². The van der Waals surface area contributed by atoms with E-state index in [0.717, 1.165) is 5.00 Å². The van der Waals surface area contributed by atoms with Crippen LogP contribution < -0.4 is 11.1 Å². The van der Waals surface area contributed by atoms with Gasteiger partial charge in [-0.05, 0) is 13.0 Å². The lowest BCUT2D eigenvalue weighted by atomic mass is 10.3. The Hall–Kier alpha value is -2.09. The van der Waals surface area contributed by atoms with E-state index >= 15 is 0 Å². The number of rotatable bonds is 4. The highest BCUT2D eigenvalue weighted by Gasteiger charge is 2.16. The van der Waals surface area contributed by atoms with Crippen LogP contribution >= 0.6 is 11.3 Å². The second kappa shape index (κ2) is 5.27. The highest BCUT2D eigenvalue weighted by Crippen LogP contribution is 2.30. The molecule has 19 heavy (non-hydrogen) atoms. The minimum Gasteiger partial charge on any atom is -0.397 e. The lowest BCUT2D eigenvalue weighted by molar-refractivity contribution is 0.0833. The van der Waals surface area contributed by atoms with Gasteiger partial charge in [0, 0.05) is 14.1 Å². The predicted molar refractivity (Wildman–Crippen MR) is 73.1 cm³/mol. The van der Waals surface area contributed by atoms with E-state index in [1.165, 1.54) is 16.2 Å². The van der Waals surface area contributed by atoms with E-state index in [-0.39, 0.29) is 5.91 Å². The molecule has 3 N–H and O–H groups in total. The SMILES string of the molecule is Cc1noc(CNc2cc(N)c(C(=O)N(C)C)s2)n1. The van der Waals surface area contributed by atoms with Crippen LogP contribution in [-0.4, -0.2) is 35.0 Å². The van der Waals surface area contributed by atoms with Crippen molar-refractivity contribution in [3.05, 3.63) is 22.7 Å². The molecule has 0 bridgehead atoms. The molecule has 0 aliphatic rings. The molecule has 0 saturated carbocycles. The Bertz CT molecular complexity index is 590. The molecule has 0 radical (unpaired) electrons. The van der Waals surface area contributed by atoms with Gasteiger partial charge in [0.05, 0.1) is 17.2 Å². The minimum absolute atomic E-state index is 0.107. The summed E-state index contributed by atoms with van der Waals surface area (Å²) in [6.45, 7) is 2.15. The number of carbonyl (C=O) groups excluding carboxylic acids is 1. The molecule has 2 heterocycles. The number of hydrogen-bond donors (Lipinski definition) is 2. The molecule has 2 aromatic rings. The number of aromatic nitrogens is 2. The number of thiophene rings is 1. The van der Waals surface area contributed by atoms with Crippen LogP contribution in [-0.2, 0) is 6.54 Å². The van der Waals surface area contributed by atoms with E-state index in [1.807, 2.05) is 0 Å². The van der Waals surface area contributed by atoms with Crippen LogP contribution in [0, 0.1) is 6.92 Å². The van der Waals surface area contributed by atoms with Crippen molar-refractivity contribution in [2.45, 2.75) is 13.5 Å². The number of nitrogens with two attached hydrogens (primary N) is 1. The lowest BCUT2D eigenvalue weighted by Gasteiger charge is -2.08. The summed E-state index contributed by atoms with van der Waals surface area (Å²) in [6.07, 6.45) is 0. The van der Waals surface area contributed by atoms with Gasteiger partial charge in [0.25, 0.3) is 5.91 Å². The molecular weight excluding hydrogens is 266 g/mol. The Labute approximate surface area is 114 Å². The maximum atomic E-state index is 11.8. The molecule has 0 fully saturated rings. The van der Waals surface area contributed by atoms with Crippen molar-refractivity contribution in [3.63, 3.8) is 0 Å². The third kappa shape index (κ3) is 3.02. The van der Waals surface area contributed by atoms with Crippen LogP contribution in [0.5, 0.6) is 0 Å². The maximum Gasteiger partial charge on any atom is 0.265 e. The number of aryl methyl sites for hydroxylation is 1. The van der Waals surface area contributed by atoms with Crippen LogP contribution in [0.1, 0.15) is 21.4 Å². The standard InChI is InChI=1S/C11H15N5O2S/c1-6-14-8(18-15-6)5-13-9-4-7(12)10(19-9)11(17)16(2)3/h4,13H,5,12H2,1-3H3. The number of anilines is 2. The van der Waals surface area contributed by atoms with Crippen molar-refractivity contribution in [2.24, 2.45) is 0 Å². The minimum atomic E-state index is -0.107. The molecule has 0 saturated heterocycles. The van der Waals surface area contributed by atoms with Gasteiger partial charge in [0.15, 0.2) is 5.82 Å². The van der Waals surface area contributed by atoms with Crippen molar-refractivity contribution < 1.29 is 9.32 Å². The molecule has 0 spiro atoms. The fourth-order valence-corrected chi connectivity index (χ4v) is 2.43. The number of hydrogen-bond acceptors (Lipinski definition) is 7. The summed E-state index contributed by atoms with van der Waals surface area (Å²) in [5, 5.41) is 7.59. The van der Waals surface area contributed by atoms with Crippen LogP contribution in [0.4, 0.5) is 10.7 Å². The van der Waals surface area contributed by atoms with Crippen LogP contribution in [0.25, 0.3) is 0 Å². The molecular formula is C11H15N5O2S. The second-order valence-corrected chi connectivity index (χ2v) is 5.24. The van der Waals surface area contributed by atoms with Crippen molar-refractivity contribution in [1.29, 1.82) is 0 Å². The molecule has 0 aliphatic carbocycles. The number of nitrogens with one attached hydrogen (secondary N) is 1. The Kier molecular flexibility index (Phi) is 3.70. The lowest BCUT2D eigenvalue weighted by Crippen LogP contribution is -2.21. The number of amides is 1. The Morgan fingerprint density at radius 2 is 2.32 bits per heavy atom. The zero-order valence-electron chi connectivity index (χ0n) is 10.9. The maximum absolute atomic E-state index is 11.8. The quantitative estimate of drug-likeness (QED) is 0.877. The summed E-state index contributed by atoms with van der Waals surface area (Å²) >= 11 is 1.30. The first-order valence-corrected chi connectivity index (χ1v) is 6.43. The van der Waals surface area contributed by atoms with Crippen LogP contribution in [0.2, 0.25) is 0 Å². The Balaban J connectivity index is 2.06. The van der Waals surface area contributed by atoms with Crippen molar-refractivity contribution in [3.8, 4) is 0 Å². The van der Waals surface area contributed by atoms with Gasteiger partial charge in [-0.2, -0.15) is 4.98 Å². The predicted octanol–water partition coefficient (Wildman–Crippen LogP) is 1.34. The third-order valence-corrected chi connectivity index (χ3v) is 3.44. The summed E-state index contributed by atoms with van der Waals surface area (Å²) in [5.41, 5.74) is 6.29. The molecule has 2 rings (SSSR count). The molecule has 0 atom stereocenters. The average molecular weight is 281 g/mol. The summed E-state index contributed by atoms with van der Waals surface area (Å²) in [5.74, 6) is 0.972. The smallest absolute Gasteiger partial charge is 0.265 e. The third-order valence-electron chi connectivity index (χ3n) is 2.34. The summed E-state index contributed by atoms with van der Waals surface area (Å²) in [7, 11) is 3.38. The van der Waals surface area contributed by atoms with Gasteiger partial charge in [-0.3, -0.25) is 4.79 Å². The first kappa shape index (κ1) is 13.3. The molecule has 7 nitrogen and oxygen atoms in total. The first-order valence-electron chi connectivity index (χ1n) is 5.61. The fraction of sp³-hybridized carbons (Fsp3) is 0.364. The summed E-state index contributed by atoms with van der Waals surface area (Å²) in [4.78, 5) is 17.9. The van der Waals surface area contributed by atoms with Crippen molar-refractivity contribution in [1.82, 2.24) is 15.0 Å². The highest BCUT2D eigenvalue weighted by molar-refractivity contribution is 7.18. The fourth-order valence-electron chi connectivity index (χ4n) is 1.44. The molecule has 2 aromatic heterocycles. The first-order chi connectivity index (χ1) is 8.97. The van der Waals surface area contributed by atoms with Gasteiger partial charge in [-0.15, -0.1) is 11.3 Å².